The summed E-state index contributed by atoms with van der Waals surface area (Å²) >= 11 is 0. The van der Waals surface area contributed by atoms with Gasteiger partial charge in [0.25, 0.3) is 0 Å². The summed E-state index contributed by atoms with van der Waals surface area (Å²) in [5.74, 6) is -0.948. The van der Waals surface area contributed by atoms with Crippen molar-refractivity contribution in [3.63, 3.8) is 0 Å². The van der Waals surface area contributed by atoms with E-state index >= 15 is 0 Å². The topological polar surface area (TPSA) is 58.4 Å². The molecule has 5 heteroatoms. The van der Waals surface area contributed by atoms with E-state index in [1.54, 1.807) is 12.1 Å². The molecule has 1 aromatic carbocycles. The molecule has 3 N–H and O–H groups in total. The SMILES string of the molecule is CNCC1CCCCN1Cc1ccc(C(N)=O)cc1F. The van der Waals surface area contributed by atoms with Crippen molar-refractivity contribution in [3.05, 3.63) is 35.1 Å². The Bertz CT molecular complexity index is 476. The first-order valence-electron chi connectivity index (χ1n) is 7.08. The minimum Gasteiger partial charge on any atom is -0.366 e. The van der Waals surface area contributed by atoms with Gasteiger partial charge in [0.15, 0.2) is 0 Å². The van der Waals surface area contributed by atoms with E-state index in [1.165, 1.54) is 12.5 Å². The molecule has 1 aliphatic heterocycles. The maximum Gasteiger partial charge on any atom is 0.248 e. The lowest BCUT2D eigenvalue weighted by molar-refractivity contribution is 0.0999. The van der Waals surface area contributed by atoms with Crippen LogP contribution in [0.15, 0.2) is 18.2 Å². The summed E-state index contributed by atoms with van der Waals surface area (Å²) in [5, 5.41) is 3.20. The number of rotatable bonds is 5. The molecule has 1 amide bonds. The summed E-state index contributed by atoms with van der Waals surface area (Å²) in [5.41, 5.74) is 6.00. The number of amides is 1. The van der Waals surface area contributed by atoms with Gasteiger partial charge in [0.2, 0.25) is 5.91 Å². The van der Waals surface area contributed by atoms with E-state index in [0.29, 0.717) is 18.2 Å². The molecule has 1 heterocycles. The number of carbonyl (C=O) groups excluding carboxylic acids is 1. The molecule has 110 valence electrons. The van der Waals surface area contributed by atoms with Crippen LogP contribution in [0.3, 0.4) is 0 Å². The highest BCUT2D eigenvalue weighted by atomic mass is 19.1. The third-order valence-electron chi connectivity index (χ3n) is 3.90. The van der Waals surface area contributed by atoms with Crippen LogP contribution >= 0.6 is 0 Å². The zero-order chi connectivity index (χ0) is 14.5. The van der Waals surface area contributed by atoms with Crippen molar-refractivity contribution in [1.82, 2.24) is 10.2 Å². The first-order chi connectivity index (χ1) is 9.61. The molecule has 2 rings (SSSR count). The summed E-state index contributed by atoms with van der Waals surface area (Å²) in [6.07, 6.45) is 3.52. The third kappa shape index (κ3) is 3.55. The number of carbonyl (C=O) groups is 1. The maximum absolute atomic E-state index is 14.0. The van der Waals surface area contributed by atoms with Gasteiger partial charge in [-0.25, -0.2) is 4.39 Å². The lowest BCUT2D eigenvalue weighted by atomic mass is 10.0. The molecule has 20 heavy (non-hydrogen) atoms. The molecule has 0 bridgehead atoms. The lowest BCUT2D eigenvalue weighted by Gasteiger charge is -2.35. The van der Waals surface area contributed by atoms with Crippen LogP contribution < -0.4 is 11.1 Å². The molecule has 0 saturated carbocycles. The summed E-state index contributed by atoms with van der Waals surface area (Å²) in [6, 6.07) is 4.94. The van der Waals surface area contributed by atoms with Gasteiger partial charge in [-0.3, -0.25) is 9.69 Å². The van der Waals surface area contributed by atoms with E-state index in [-0.39, 0.29) is 11.4 Å². The van der Waals surface area contributed by atoms with Gasteiger partial charge in [-0.05, 0) is 38.6 Å². The number of nitrogens with one attached hydrogen (secondary N) is 1. The predicted molar refractivity (Wildman–Crippen MR) is 76.9 cm³/mol. The van der Waals surface area contributed by atoms with Crippen molar-refractivity contribution in [2.75, 3.05) is 20.1 Å². The van der Waals surface area contributed by atoms with Crippen LogP contribution in [0.1, 0.15) is 35.2 Å². The van der Waals surface area contributed by atoms with Gasteiger partial charge in [-0.15, -0.1) is 0 Å². The Labute approximate surface area is 119 Å². The Morgan fingerprint density at radius 1 is 1.50 bits per heavy atom. The van der Waals surface area contributed by atoms with Crippen LogP contribution in [-0.4, -0.2) is 37.0 Å². The van der Waals surface area contributed by atoms with Gasteiger partial charge >= 0.3 is 0 Å². The fraction of sp³-hybridized carbons (Fsp3) is 0.533. The predicted octanol–water partition coefficient (Wildman–Crippen LogP) is 1.50. The van der Waals surface area contributed by atoms with Gasteiger partial charge < -0.3 is 11.1 Å². The highest BCUT2D eigenvalue weighted by Crippen LogP contribution is 2.21. The number of likely N-dealkylation sites (N-methyl/N-ethyl adjacent to an activating group) is 1. The zero-order valence-corrected chi connectivity index (χ0v) is 11.9. The molecule has 0 aromatic heterocycles. The number of likely N-dealkylation sites (tertiary alicyclic amines) is 1. The van der Waals surface area contributed by atoms with Crippen LogP contribution in [0, 0.1) is 5.82 Å². The molecule has 1 fully saturated rings. The van der Waals surface area contributed by atoms with Crippen molar-refractivity contribution in [1.29, 1.82) is 0 Å². The number of nitrogens with zero attached hydrogens (tertiary/aromatic N) is 1. The molecule has 4 nitrogen and oxygen atoms in total. The molecule has 0 spiro atoms. The van der Waals surface area contributed by atoms with Crippen molar-refractivity contribution in [2.45, 2.75) is 31.8 Å². The fourth-order valence-corrected chi connectivity index (χ4v) is 2.78. The smallest absolute Gasteiger partial charge is 0.248 e. The van der Waals surface area contributed by atoms with Gasteiger partial charge in [0.05, 0.1) is 0 Å². The quantitative estimate of drug-likeness (QED) is 0.858. The van der Waals surface area contributed by atoms with Gasteiger partial charge in [-0.1, -0.05) is 12.5 Å². The molecule has 1 unspecified atom stereocenters. The molecule has 1 saturated heterocycles. The summed E-state index contributed by atoms with van der Waals surface area (Å²) in [4.78, 5) is 13.3. The second kappa shape index (κ2) is 6.81. The van der Waals surface area contributed by atoms with Crippen molar-refractivity contribution in [2.24, 2.45) is 5.73 Å². The van der Waals surface area contributed by atoms with E-state index < -0.39 is 5.91 Å². The summed E-state index contributed by atoms with van der Waals surface area (Å²) < 4.78 is 14.0. The highest BCUT2D eigenvalue weighted by Gasteiger charge is 2.22. The van der Waals surface area contributed by atoms with Crippen LogP contribution in [0.2, 0.25) is 0 Å². The van der Waals surface area contributed by atoms with Gasteiger partial charge in [0, 0.05) is 30.3 Å². The lowest BCUT2D eigenvalue weighted by Crippen LogP contribution is -2.44. The first-order valence-corrected chi connectivity index (χ1v) is 7.08. The Balaban J connectivity index is 2.09. The second-order valence-electron chi connectivity index (χ2n) is 5.35. The van der Waals surface area contributed by atoms with Crippen LogP contribution in [0.25, 0.3) is 0 Å². The van der Waals surface area contributed by atoms with E-state index in [4.69, 9.17) is 5.73 Å². The largest absolute Gasteiger partial charge is 0.366 e. The van der Waals surface area contributed by atoms with Crippen molar-refractivity contribution in [3.8, 4) is 0 Å². The number of halogens is 1. The van der Waals surface area contributed by atoms with E-state index in [1.807, 2.05) is 7.05 Å². The minimum atomic E-state index is -0.596. The van der Waals surface area contributed by atoms with Crippen LogP contribution in [0.4, 0.5) is 4.39 Å². The Morgan fingerprint density at radius 3 is 2.95 bits per heavy atom. The van der Waals surface area contributed by atoms with E-state index in [2.05, 4.69) is 10.2 Å². The third-order valence-corrected chi connectivity index (χ3v) is 3.90. The normalized spacial score (nSPS) is 20.0. The summed E-state index contributed by atoms with van der Waals surface area (Å²) in [7, 11) is 1.94. The zero-order valence-electron chi connectivity index (χ0n) is 11.9. The molecule has 0 radical (unpaired) electrons. The maximum atomic E-state index is 14.0. The standard InChI is InChI=1S/C15H22FN3O/c1-18-9-13-4-2-3-7-19(13)10-12-6-5-11(15(17)20)8-14(12)16/h5-6,8,13,18H,2-4,7,9-10H2,1H3,(H2,17,20). The first kappa shape index (κ1) is 14.9. The highest BCUT2D eigenvalue weighted by molar-refractivity contribution is 5.92. The van der Waals surface area contributed by atoms with Gasteiger partial charge in [0.1, 0.15) is 5.82 Å². The molecule has 0 aliphatic carbocycles. The molecular weight excluding hydrogens is 257 g/mol. The molecular formula is C15H22FN3O. The number of nitrogens with two attached hydrogens (primary N) is 1. The second-order valence-corrected chi connectivity index (χ2v) is 5.35. The average molecular weight is 279 g/mol. The molecule has 1 atom stereocenters. The number of benzene rings is 1. The molecule has 1 aromatic rings. The number of hydrogen-bond donors (Lipinski definition) is 2. The Hall–Kier alpha value is -1.46. The monoisotopic (exact) mass is 279 g/mol. The van der Waals surface area contributed by atoms with Crippen molar-refractivity contribution >= 4 is 5.91 Å². The Morgan fingerprint density at radius 2 is 2.30 bits per heavy atom. The van der Waals surface area contributed by atoms with Crippen LogP contribution in [0.5, 0.6) is 0 Å². The Kier molecular flexibility index (Phi) is 5.09. The number of hydrogen-bond acceptors (Lipinski definition) is 3. The fourth-order valence-electron chi connectivity index (χ4n) is 2.78. The number of primary amides is 1. The average Bonchev–Trinajstić information content (AvgIpc) is 2.43. The van der Waals surface area contributed by atoms with E-state index in [0.717, 1.165) is 25.9 Å². The summed E-state index contributed by atoms with van der Waals surface area (Å²) in [6.45, 7) is 2.49. The van der Waals surface area contributed by atoms with Crippen LogP contribution in [-0.2, 0) is 6.54 Å². The van der Waals surface area contributed by atoms with Crippen molar-refractivity contribution < 1.29 is 9.18 Å². The van der Waals surface area contributed by atoms with E-state index in [9.17, 15) is 9.18 Å². The number of piperidine rings is 1. The molecule has 1 aliphatic rings. The minimum absolute atomic E-state index is 0.219. The van der Waals surface area contributed by atoms with Gasteiger partial charge in [-0.2, -0.15) is 0 Å².